The van der Waals surface area contributed by atoms with Crippen molar-refractivity contribution in [1.29, 1.82) is 0 Å². The minimum atomic E-state index is -1.67. The van der Waals surface area contributed by atoms with E-state index in [2.05, 4.69) is 46.8 Å². The van der Waals surface area contributed by atoms with E-state index in [9.17, 15) is 40.9 Å². The topological polar surface area (TPSA) is 208 Å². The van der Waals surface area contributed by atoms with Gasteiger partial charge in [-0.1, -0.05) is 53.7 Å². The maximum atomic E-state index is 12.1. The minimum Gasteiger partial charge on any atom is -0.396 e. The van der Waals surface area contributed by atoms with E-state index in [4.69, 9.17) is 23.7 Å². The molecule has 314 valence electrons. The van der Waals surface area contributed by atoms with Crippen LogP contribution in [0.3, 0.4) is 0 Å². The fourth-order valence-corrected chi connectivity index (χ4v) is 14.3. The molecular weight excluding hydrogens is 712 g/mol. The van der Waals surface area contributed by atoms with Crippen molar-refractivity contribution in [3.05, 3.63) is 12.2 Å². The number of aliphatic hydroxyl groups is 8. The predicted octanol–water partition coefficient (Wildman–Crippen LogP) is 1.78. The Kier molecular flexibility index (Phi) is 9.95. The lowest BCUT2D eigenvalue weighted by atomic mass is 9.32. The quantitative estimate of drug-likeness (QED) is 0.143. The summed E-state index contributed by atoms with van der Waals surface area (Å²) in [7, 11) is 0. The number of hydrogen-bond acceptors (Lipinski definition) is 13. The molecule has 55 heavy (non-hydrogen) atoms. The molecular formula is C42H68O13. The van der Waals surface area contributed by atoms with Crippen LogP contribution in [0.5, 0.6) is 0 Å². The summed E-state index contributed by atoms with van der Waals surface area (Å²) in [6, 6.07) is 0. The Bertz CT molecular complexity index is 1490. The van der Waals surface area contributed by atoms with Crippen molar-refractivity contribution in [1.82, 2.24) is 0 Å². The highest BCUT2D eigenvalue weighted by Gasteiger charge is 2.79. The average molecular weight is 781 g/mol. The van der Waals surface area contributed by atoms with E-state index in [0.29, 0.717) is 19.4 Å². The molecule has 8 rings (SSSR count). The van der Waals surface area contributed by atoms with Crippen LogP contribution in [0.15, 0.2) is 12.2 Å². The lowest BCUT2D eigenvalue weighted by Crippen LogP contribution is -2.72. The molecule has 8 aliphatic rings. The van der Waals surface area contributed by atoms with Crippen LogP contribution in [-0.4, -0.2) is 140 Å². The van der Waals surface area contributed by atoms with E-state index < -0.39 is 91.2 Å². The summed E-state index contributed by atoms with van der Waals surface area (Å²) in [5.41, 5.74) is -2.00. The van der Waals surface area contributed by atoms with Gasteiger partial charge in [0.05, 0.1) is 43.7 Å². The molecule has 3 aliphatic heterocycles. The van der Waals surface area contributed by atoms with Crippen molar-refractivity contribution < 1.29 is 64.5 Å². The first-order valence-electron chi connectivity index (χ1n) is 20.9. The first-order valence-corrected chi connectivity index (χ1v) is 20.9. The Morgan fingerprint density at radius 2 is 1.44 bits per heavy atom. The van der Waals surface area contributed by atoms with Gasteiger partial charge < -0.3 is 64.5 Å². The number of fused-ring (bicyclic) bond motifs is 4. The lowest BCUT2D eigenvalue weighted by Gasteiger charge is -2.73. The van der Waals surface area contributed by atoms with Crippen molar-refractivity contribution >= 4 is 0 Å². The normalized spacial score (nSPS) is 59.7. The van der Waals surface area contributed by atoms with Gasteiger partial charge in [-0.25, -0.2) is 0 Å². The second-order valence-electron chi connectivity index (χ2n) is 21.0. The number of aliphatic hydroxyl groups excluding tert-OH is 8. The third kappa shape index (κ3) is 5.44. The Labute approximate surface area is 325 Å². The summed E-state index contributed by atoms with van der Waals surface area (Å²) < 4.78 is 31.2. The van der Waals surface area contributed by atoms with E-state index in [1.165, 1.54) is 6.92 Å². The van der Waals surface area contributed by atoms with Gasteiger partial charge in [0.15, 0.2) is 12.6 Å². The zero-order chi connectivity index (χ0) is 39.9. The van der Waals surface area contributed by atoms with Crippen molar-refractivity contribution in [3.63, 3.8) is 0 Å². The largest absolute Gasteiger partial charge is 0.396 e. The monoisotopic (exact) mass is 780 g/mol. The smallest absolute Gasteiger partial charge is 0.187 e. The molecule has 21 atom stereocenters. The van der Waals surface area contributed by atoms with E-state index in [1.807, 2.05) is 6.92 Å². The van der Waals surface area contributed by atoms with E-state index in [1.54, 1.807) is 0 Å². The second kappa shape index (κ2) is 13.4. The standard InChI is InChI=1S/C42H68O13/c1-21-28(46)30(48)31(49)34(52-21)55-33-29(47)22(18-43)53-35(32(33)50)54-27-10-11-37(4)23(38(27,5)19-44)8-12-39(6)24(37)9-13-42-25-16-36(2,3)14-15-41(25,20-51-42)26(45)17-40(39,42)7/h9,13,21-35,43-50H,8,10-12,14-20H2,1-7H3/t21-,22-,23-,24?,25?,26+,27+,28-,29+,30+,31-,32-,33+,34+,35+,37+,38+,39-,40+,41-,42+/m1/s1. The van der Waals surface area contributed by atoms with Crippen LogP contribution in [0.25, 0.3) is 0 Å². The molecule has 0 radical (unpaired) electrons. The van der Waals surface area contributed by atoms with Gasteiger partial charge in [0, 0.05) is 22.2 Å². The molecule has 0 aromatic carbocycles. The molecule has 4 saturated carbocycles. The maximum Gasteiger partial charge on any atom is 0.187 e. The molecule has 1 spiro atoms. The van der Waals surface area contributed by atoms with Gasteiger partial charge in [-0.15, -0.1) is 0 Å². The Morgan fingerprint density at radius 1 is 0.727 bits per heavy atom. The van der Waals surface area contributed by atoms with Gasteiger partial charge in [0.2, 0.25) is 0 Å². The molecule has 5 aliphatic carbocycles. The fourth-order valence-electron chi connectivity index (χ4n) is 14.3. The van der Waals surface area contributed by atoms with Crippen LogP contribution in [0.2, 0.25) is 0 Å². The SMILES string of the molecule is C[C@H]1O[C@@H](O[C@H]2[C@@H](O)[C@@H](CO)O[C@@H](O[C@H]3CC[C@]4(C)C5C=C[C@]67OC[C@@]8(CCC(C)(C)CC86)[C@@H](O)C[C@@]7(C)[C@]5(C)CC[C@H]4[C@]3(C)CO)[C@@H]2O)[C@H](O)[C@@H](O)[C@@H]1O. The highest BCUT2D eigenvalue weighted by atomic mass is 16.7. The number of rotatable bonds is 6. The zero-order valence-corrected chi connectivity index (χ0v) is 33.7. The molecule has 0 aromatic rings. The molecule has 0 aromatic heterocycles. The van der Waals surface area contributed by atoms with Crippen LogP contribution < -0.4 is 0 Å². The Hall–Kier alpha value is -0.780. The van der Waals surface area contributed by atoms with Gasteiger partial charge in [-0.3, -0.25) is 0 Å². The first-order chi connectivity index (χ1) is 25.7. The van der Waals surface area contributed by atoms with Crippen LogP contribution in [0.4, 0.5) is 0 Å². The molecule has 7 fully saturated rings. The zero-order valence-electron chi connectivity index (χ0n) is 33.7. The van der Waals surface area contributed by atoms with Crippen LogP contribution in [0.1, 0.15) is 99.8 Å². The summed E-state index contributed by atoms with van der Waals surface area (Å²) in [4.78, 5) is 0. The lowest BCUT2D eigenvalue weighted by molar-refractivity contribution is -0.368. The number of ether oxygens (including phenoxy) is 5. The van der Waals surface area contributed by atoms with Gasteiger partial charge in [-0.2, -0.15) is 0 Å². The van der Waals surface area contributed by atoms with Gasteiger partial charge in [-0.05, 0) is 86.4 Å². The van der Waals surface area contributed by atoms with Crippen molar-refractivity contribution in [2.24, 2.45) is 50.2 Å². The molecule has 8 N–H and O–H groups in total. The van der Waals surface area contributed by atoms with Gasteiger partial charge in [0.1, 0.15) is 42.7 Å². The van der Waals surface area contributed by atoms with E-state index in [0.717, 1.165) is 38.5 Å². The van der Waals surface area contributed by atoms with Gasteiger partial charge in [0.25, 0.3) is 0 Å². The Morgan fingerprint density at radius 3 is 2.13 bits per heavy atom. The molecule has 13 nitrogen and oxygen atoms in total. The van der Waals surface area contributed by atoms with Crippen LogP contribution in [0, 0.1) is 50.2 Å². The average Bonchev–Trinajstić information content (AvgIpc) is 3.41. The molecule has 3 saturated heterocycles. The third-order valence-corrected chi connectivity index (χ3v) is 17.9. The van der Waals surface area contributed by atoms with Crippen LogP contribution >= 0.6 is 0 Å². The highest BCUT2D eigenvalue weighted by molar-refractivity contribution is 5.36. The Balaban J connectivity index is 1.06. The summed E-state index contributed by atoms with van der Waals surface area (Å²) >= 11 is 0. The van der Waals surface area contributed by atoms with Crippen molar-refractivity contribution in [2.45, 2.75) is 179 Å². The molecule has 3 heterocycles. The van der Waals surface area contributed by atoms with E-state index >= 15 is 0 Å². The summed E-state index contributed by atoms with van der Waals surface area (Å²) in [5, 5.41) is 87.5. The predicted molar refractivity (Wildman–Crippen MR) is 197 cm³/mol. The fraction of sp³-hybridized carbons (Fsp3) is 0.952. The highest BCUT2D eigenvalue weighted by Crippen LogP contribution is 2.79. The van der Waals surface area contributed by atoms with Crippen molar-refractivity contribution in [2.75, 3.05) is 19.8 Å². The third-order valence-electron chi connectivity index (χ3n) is 17.9. The first kappa shape index (κ1) is 41.0. The molecule has 2 unspecified atom stereocenters. The summed E-state index contributed by atoms with van der Waals surface area (Å²) in [6.45, 7) is 15.2. The molecule has 0 amide bonds. The molecule has 2 bridgehead atoms. The number of allylic oxidation sites excluding steroid dienone is 1. The second-order valence-corrected chi connectivity index (χ2v) is 21.0. The van der Waals surface area contributed by atoms with Gasteiger partial charge >= 0.3 is 0 Å². The minimum absolute atomic E-state index is 0.0158. The van der Waals surface area contributed by atoms with Crippen LogP contribution in [-0.2, 0) is 23.7 Å². The number of hydrogen-bond donors (Lipinski definition) is 8. The molecule has 13 heteroatoms. The summed E-state index contributed by atoms with van der Waals surface area (Å²) in [5.74, 6) is 0.401. The summed E-state index contributed by atoms with van der Waals surface area (Å²) in [6.07, 6.45) is -3.55. The maximum absolute atomic E-state index is 12.1. The van der Waals surface area contributed by atoms with Crippen molar-refractivity contribution in [3.8, 4) is 0 Å². The van der Waals surface area contributed by atoms with E-state index in [-0.39, 0.29) is 51.4 Å².